The van der Waals surface area contributed by atoms with Crippen molar-refractivity contribution < 1.29 is 13.2 Å². The first-order valence-electron chi connectivity index (χ1n) is 6.73. The number of aryl methyl sites for hydroxylation is 1. The maximum absolute atomic E-state index is 12.1. The van der Waals surface area contributed by atoms with Crippen LogP contribution in [0.1, 0.15) is 11.1 Å². The van der Waals surface area contributed by atoms with Crippen molar-refractivity contribution in [2.24, 2.45) is 5.10 Å². The van der Waals surface area contributed by atoms with Gasteiger partial charge in [-0.3, -0.25) is 0 Å². The molecule has 118 valence electrons. The first-order chi connectivity index (χ1) is 11.0. The van der Waals surface area contributed by atoms with Crippen LogP contribution in [-0.4, -0.2) is 21.2 Å². The minimum Gasteiger partial charge on any atom is -0.478 e. The molecule has 0 fully saturated rings. The Kier molecular flexibility index (Phi) is 5.33. The maximum atomic E-state index is 12.1. The van der Waals surface area contributed by atoms with Gasteiger partial charge in [-0.15, -0.1) is 0 Å². The number of benzene rings is 2. The summed E-state index contributed by atoms with van der Waals surface area (Å²) in [4.78, 5) is 2.28. The topological polar surface area (TPSA) is 91.6 Å². The minimum atomic E-state index is -3.72. The summed E-state index contributed by atoms with van der Waals surface area (Å²) >= 11 is 0. The van der Waals surface area contributed by atoms with Gasteiger partial charge in [0.1, 0.15) is 11.8 Å². The molecule has 0 heterocycles. The van der Waals surface area contributed by atoms with Crippen LogP contribution in [0.2, 0.25) is 0 Å². The van der Waals surface area contributed by atoms with Crippen LogP contribution in [0.3, 0.4) is 0 Å². The quantitative estimate of drug-likeness (QED) is 0.649. The van der Waals surface area contributed by atoms with E-state index >= 15 is 0 Å². The zero-order valence-electron chi connectivity index (χ0n) is 12.4. The number of rotatable bonds is 6. The predicted molar refractivity (Wildman–Crippen MR) is 86.6 cm³/mol. The molecule has 0 spiro atoms. The molecule has 0 aliphatic carbocycles. The van der Waals surface area contributed by atoms with Gasteiger partial charge in [0, 0.05) is 5.56 Å². The van der Waals surface area contributed by atoms with Gasteiger partial charge in [0.2, 0.25) is 0 Å². The molecule has 7 heteroatoms. The van der Waals surface area contributed by atoms with Crippen molar-refractivity contribution in [3.8, 4) is 11.8 Å². The van der Waals surface area contributed by atoms with Crippen LogP contribution in [0, 0.1) is 18.3 Å². The molecular weight excluding hydrogens is 314 g/mol. The molecule has 0 atom stereocenters. The number of nitrogens with one attached hydrogen (secondary N) is 1. The highest BCUT2D eigenvalue weighted by molar-refractivity contribution is 7.89. The fraction of sp³-hybridized carbons (Fsp3) is 0.125. The molecular formula is C16H15N3O3S. The number of para-hydroxylation sites is 1. The van der Waals surface area contributed by atoms with Crippen LogP contribution >= 0.6 is 0 Å². The fourth-order valence-electron chi connectivity index (χ4n) is 1.76. The number of hydrogen-bond donors (Lipinski definition) is 1. The zero-order chi connectivity index (χ0) is 16.7. The molecule has 0 aliphatic heterocycles. The molecule has 0 saturated carbocycles. The van der Waals surface area contributed by atoms with E-state index in [4.69, 9.17) is 10.00 Å². The molecule has 2 aromatic carbocycles. The highest BCUT2D eigenvalue weighted by Gasteiger charge is 2.11. The summed E-state index contributed by atoms with van der Waals surface area (Å²) in [5, 5.41) is 12.3. The Labute approximate surface area is 135 Å². The van der Waals surface area contributed by atoms with Crippen molar-refractivity contribution >= 4 is 16.2 Å². The van der Waals surface area contributed by atoms with Crippen molar-refractivity contribution in [2.45, 2.75) is 11.8 Å². The molecule has 0 saturated heterocycles. The Hall–Kier alpha value is -2.85. The van der Waals surface area contributed by atoms with E-state index in [1.165, 1.54) is 18.3 Å². The van der Waals surface area contributed by atoms with E-state index in [1.807, 2.05) is 13.0 Å². The van der Waals surface area contributed by atoms with Crippen LogP contribution < -0.4 is 9.57 Å². The van der Waals surface area contributed by atoms with E-state index in [-0.39, 0.29) is 11.5 Å². The third-order valence-electron chi connectivity index (χ3n) is 2.92. The van der Waals surface area contributed by atoms with Crippen molar-refractivity contribution in [2.75, 3.05) is 6.61 Å². The summed E-state index contributed by atoms with van der Waals surface area (Å²) in [5.74, 6) is 0.451. The zero-order valence-corrected chi connectivity index (χ0v) is 13.2. The lowest BCUT2D eigenvalue weighted by molar-refractivity contribution is 0.367. The number of sulfonamides is 1. The smallest absolute Gasteiger partial charge is 0.276 e. The van der Waals surface area contributed by atoms with Crippen molar-refractivity contribution in [3.63, 3.8) is 0 Å². The van der Waals surface area contributed by atoms with E-state index in [2.05, 4.69) is 9.93 Å². The molecule has 0 amide bonds. The third kappa shape index (κ3) is 4.56. The Morgan fingerprint density at radius 3 is 2.61 bits per heavy atom. The lowest BCUT2D eigenvalue weighted by Gasteiger charge is -2.06. The van der Waals surface area contributed by atoms with Gasteiger partial charge in [-0.2, -0.15) is 18.8 Å². The second kappa shape index (κ2) is 7.42. The summed E-state index contributed by atoms with van der Waals surface area (Å²) in [7, 11) is -3.72. The van der Waals surface area contributed by atoms with E-state index in [0.29, 0.717) is 11.3 Å². The summed E-state index contributed by atoms with van der Waals surface area (Å²) in [6, 6.07) is 15.2. The van der Waals surface area contributed by atoms with E-state index in [1.54, 1.807) is 36.4 Å². The van der Waals surface area contributed by atoms with E-state index < -0.39 is 10.0 Å². The average molecular weight is 329 g/mol. The highest BCUT2D eigenvalue weighted by atomic mass is 32.2. The number of hydrazone groups is 1. The van der Waals surface area contributed by atoms with E-state index in [9.17, 15) is 8.42 Å². The van der Waals surface area contributed by atoms with Crippen LogP contribution in [-0.2, 0) is 10.0 Å². The Morgan fingerprint density at radius 2 is 1.91 bits per heavy atom. The van der Waals surface area contributed by atoms with Gasteiger partial charge in [0.25, 0.3) is 10.0 Å². The second-order valence-corrected chi connectivity index (χ2v) is 6.31. The number of ether oxygens (including phenoxy) is 1. The molecule has 2 rings (SSSR count). The van der Waals surface area contributed by atoms with Crippen molar-refractivity contribution in [1.82, 2.24) is 4.83 Å². The molecule has 0 aliphatic rings. The number of nitrogens with zero attached hydrogens (tertiary/aromatic N) is 2. The summed E-state index contributed by atoms with van der Waals surface area (Å²) in [6.07, 6.45) is 1.33. The van der Waals surface area contributed by atoms with Gasteiger partial charge in [0.15, 0.2) is 6.61 Å². The minimum absolute atomic E-state index is 0.0973. The molecule has 0 bridgehead atoms. The van der Waals surface area contributed by atoms with Gasteiger partial charge in [-0.1, -0.05) is 29.8 Å². The summed E-state index contributed by atoms with van der Waals surface area (Å²) < 4.78 is 29.4. The molecule has 6 nitrogen and oxygen atoms in total. The molecule has 0 unspecified atom stereocenters. The predicted octanol–water partition coefficient (Wildman–Crippen LogP) is 2.21. The Bertz CT molecular complexity index is 838. The number of nitriles is 1. The van der Waals surface area contributed by atoms with Crippen molar-refractivity contribution in [3.05, 3.63) is 59.7 Å². The largest absolute Gasteiger partial charge is 0.478 e. The molecule has 2 aromatic rings. The van der Waals surface area contributed by atoms with Gasteiger partial charge in [-0.05, 0) is 31.2 Å². The SMILES string of the molecule is Cc1ccc(S(=O)(=O)N/N=C\c2ccccc2OCC#N)cc1. The molecule has 0 aromatic heterocycles. The average Bonchev–Trinajstić information content (AvgIpc) is 2.54. The number of hydrogen-bond acceptors (Lipinski definition) is 5. The molecule has 23 heavy (non-hydrogen) atoms. The maximum Gasteiger partial charge on any atom is 0.276 e. The first-order valence-corrected chi connectivity index (χ1v) is 8.21. The van der Waals surface area contributed by atoms with Gasteiger partial charge in [0.05, 0.1) is 11.1 Å². The van der Waals surface area contributed by atoms with E-state index in [0.717, 1.165) is 5.56 Å². The Balaban J connectivity index is 2.12. The van der Waals surface area contributed by atoms with Crippen LogP contribution in [0.25, 0.3) is 0 Å². The van der Waals surface area contributed by atoms with Crippen LogP contribution in [0.15, 0.2) is 58.5 Å². The monoisotopic (exact) mass is 329 g/mol. The highest BCUT2D eigenvalue weighted by Crippen LogP contribution is 2.15. The fourth-order valence-corrected chi connectivity index (χ4v) is 2.56. The third-order valence-corrected chi connectivity index (χ3v) is 4.16. The van der Waals surface area contributed by atoms with Gasteiger partial charge in [-0.25, -0.2) is 4.83 Å². The van der Waals surface area contributed by atoms with Crippen molar-refractivity contribution in [1.29, 1.82) is 5.26 Å². The normalized spacial score (nSPS) is 11.1. The second-order valence-electron chi connectivity index (χ2n) is 4.65. The first kappa shape index (κ1) is 16.5. The molecule has 0 radical (unpaired) electrons. The van der Waals surface area contributed by atoms with Crippen LogP contribution in [0.5, 0.6) is 5.75 Å². The van der Waals surface area contributed by atoms with Crippen LogP contribution in [0.4, 0.5) is 0 Å². The molecule has 1 N–H and O–H groups in total. The lowest BCUT2D eigenvalue weighted by Crippen LogP contribution is -2.18. The summed E-state index contributed by atoms with van der Waals surface area (Å²) in [6.45, 7) is 1.78. The Morgan fingerprint density at radius 1 is 1.22 bits per heavy atom. The van der Waals surface area contributed by atoms with Gasteiger partial charge >= 0.3 is 0 Å². The summed E-state index contributed by atoms with van der Waals surface area (Å²) in [5.41, 5.74) is 1.53. The van der Waals surface area contributed by atoms with Gasteiger partial charge < -0.3 is 4.74 Å². The standard InChI is InChI=1S/C16H15N3O3S/c1-13-6-8-15(9-7-13)23(20,21)19-18-12-14-4-2-3-5-16(14)22-11-10-17/h2-9,12,19H,11H2,1H3/b18-12-. The lowest BCUT2D eigenvalue weighted by atomic mass is 10.2.